The third-order valence-electron chi connectivity index (χ3n) is 2.75. The van der Waals surface area contributed by atoms with Gasteiger partial charge in [0.05, 0.1) is 5.75 Å². The summed E-state index contributed by atoms with van der Waals surface area (Å²) in [7, 11) is 0. The molecule has 24 heavy (non-hydrogen) atoms. The number of amidine groups is 1. The third-order valence-corrected chi connectivity index (χ3v) is 3.97. The van der Waals surface area contributed by atoms with Crippen molar-refractivity contribution in [1.29, 1.82) is 0 Å². The van der Waals surface area contributed by atoms with Crippen molar-refractivity contribution in [2.75, 3.05) is 5.75 Å². The maximum absolute atomic E-state index is 13.7. The van der Waals surface area contributed by atoms with Crippen molar-refractivity contribution in [3.05, 3.63) is 23.5 Å². The maximum Gasteiger partial charge on any atom is 0.398 e. The van der Waals surface area contributed by atoms with E-state index in [0.717, 1.165) is 12.1 Å². The van der Waals surface area contributed by atoms with Crippen LogP contribution in [-0.4, -0.2) is 29.6 Å². The molecule has 0 amide bonds. The van der Waals surface area contributed by atoms with Gasteiger partial charge in [-0.3, -0.25) is 0 Å². The van der Waals surface area contributed by atoms with Crippen LogP contribution >= 0.6 is 11.8 Å². The second kappa shape index (κ2) is 6.77. The lowest BCUT2D eigenvalue weighted by Gasteiger charge is -2.22. The molecule has 0 fully saturated rings. The molecule has 2 nitrogen and oxygen atoms in total. The number of hydrogen-bond donors (Lipinski definition) is 1. The van der Waals surface area contributed by atoms with E-state index in [0.29, 0.717) is 0 Å². The molecule has 0 aliphatic rings. The normalized spacial score (nSPS) is 14.2. The number of rotatable bonds is 5. The first-order valence-electron chi connectivity index (χ1n) is 6.25. The molecule has 1 aromatic rings. The molecule has 0 spiro atoms. The van der Waals surface area contributed by atoms with Crippen LogP contribution in [0.1, 0.15) is 12.5 Å². The van der Waals surface area contributed by atoms with Gasteiger partial charge < -0.3 is 5.73 Å². The molecular weight excluding hydrogens is 368 g/mol. The summed E-state index contributed by atoms with van der Waals surface area (Å²) in [5.74, 6) is -13.7. The van der Waals surface area contributed by atoms with E-state index in [9.17, 15) is 35.1 Å². The molecule has 0 aromatic heterocycles. The molecule has 1 aromatic carbocycles. The van der Waals surface area contributed by atoms with E-state index in [1.807, 2.05) is 0 Å². The highest BCUT2D eigenvalue weighted by Gasteiger charge is 2.55. The zero-order chi connectivity index (χ0) is 18.9. The van der Waals surface area contributed by atoms with Gasteiger partial charge in [0.2, 0.25) is 0 Å². The van der Waals surface area contributed by atoms with Crippen LogP contribution in [-0.2, 0) is 0 Å². The second-order valence-electron chi connectivity index (χ2n) is 4.93. The first kappa shape index (κ1) is 20.5. The minimum Gasteiger partial charge on any atom is -0.382 e. The number of thioether (sulfide) groups is 1. The number of halogens is 8. The van der Waals surface area contributed by atoms with Crippen LogP contribution in [0.25, 0.3) is 0 Å². The van der Waals surface area contributed by atoms with Gasteiger partial charge >= 0.3 is 18.0 Å². The van der Waals surface area contributed by atoms with Crippen molar-refractivity contribution >= 4 is 23.3 Å². The van der Waals surface area contributed by atoms with Crippen molar-refractivity contribution in [2.45, 2.75) is 36.8 Å². The number of benzene rings is 1. The van der Waals surface area contributed by atoms with E-state index in [1.54, 1.807) is 0 Å². The summed E-state index contributed by atoms with van der Waals surface area (Å²) in [6.07, 6.45) is -4.51. The van der Waals surface area contributed by atoms with Crippen LogP contribution in [0.3, 0.4) is 0 Å². The lowest BCUT2D eigenvalue weighted by molar-refractivity contribution is -0.154. The van der Waals surface area contributed by atoms with E-state index in [4.69, 9.17) is 5.73 Å². The Morgan fingerprint density at radius 1 is 1.12 bits per heavy atom. The third kappa shape index (κ3) is 4.99. The number of nitrogens with two attached hydrogens (primary N) is 1. The van der Waals surface area contributed by atoms with Gasteiger partial charge in [-0.05, 0) is 24.6 Å². The van der Waals surface area contributed by atoms with Gasteiger partial charge in [0.1, 0.15) is 11.5 Å². The lowest BCUT2D eigenvalue weighted by atomic mass is 10.1. The highest BCUT2D eigenvalue weighted by Crippen LogP contribution is 2.36. The summed E-state index contributed by atoms with van der Waals surface area (Å²) in [4.78, 5) is 2.85. The molecule has 0 atom stereocenters. The fourth-order valence-electron chi connectivity index (χ4n) is 1.47. The smallest absolute Gasteiger partial charge is 0.382 e. The first-order valence-corrected chi connectivity index (χ1v) is 7.23. The quantitative estimate of drug-likeness (QED) is 0.335. The minimum absolute atomic E-state index is 0.0909. The summed E-state index contributed by atoms with van der Waals surface area (Å²) in [5, 5.41) is 0. The molecule has 0 aliphatic carbocycles. The molecule has 136 valence electrons. The zero-order valence-corrected chi connectivity index (χ0v) is 13.1. The Hall–Kier alpha value is -1.52. The van der Waals surface area contributed by atoms with E-state index in [1.165, 1.54) is 6.92 Å². The minimum atomic E-state index is -4.84. The Kier molecular flexibility index (Phi) is 5.79. The van der Waals surface area contributed by atoms with E-state index >= 15 is 0 Å². The number of nitrogens with zero attached hydrogens (tertiary/aromatic N) is 1. The van der Waals surface area contributed by atoms with Crippen molar-refractivity contribution in [3.8, 4) is 0 Å². The van der Waals surface area contributed by atoms with E-state index in [2.05, 4.69) is 4.99 Å². The fourth-order valence-corrected chi connectivity index (χ4v) is 2.27. The molecule has 11 heteroatoms. The van der Waals surface area contributed by atoms with Gasteiger partial charge in [-0.1, -0.05) is 0 Å². The monoisotopic (exact) mass is 380 g/mol. The highest BCUT2D eigenvalue weighted by atomic mass is 32.2. The Morgan fingerprint density at radius 2 is 1.67 bits per heavy atom. The van der Waals surface area contributed by atoms with E-state index < -0.39 is 41.1 Å². The summed E-state index contributed by atoms with van der Waals surface area (Å²) >= 11 is 0.280. The largest absolute Gasteiger partial charge is 0.398 e. The number of alkyl halides is 7. The van der Waals surface area contributed by atoms with Crippen molar-refractivity contribution < 1.29 is 35.1 Å². The Balaban J connectivity index is 3.23. The van der Waals surface area contributed by atoms with Gasteiger partial charge in [0.25, 0.3) is 0 Å². The summed E-state index contributed by atoms with van der Waals surface area (Å²) in [6, 6.07) is 1.50. The number of aliphatic imine (C=N–C) groups is 1. The molecule has 0 saturated carbocycles. The summed E-state index contributed by atoms with van der Waals surface area (Å²) in [6.45, 7) is 1.21. The van der Waals surface area contributed by atoms with Gasteiger partial charge in [0.15, 0.2) is 5.84 Å². The molecule has 0 bridgehead atoms. The number of hydrogen-bond acceptors (Lipinski definition) is 2. The summed E-state index contributed by atoms with van der Waals surface area (Å²) < 4.78 is 103. The topological polar surface area (TPSA) is 38.4 Å². The molecule has 1 rings (SSSR count). The predicted octanol–water partition coefficient (Wildman–Crippen LogP) is 5.07. The Labute approximate surface area is 136 Å². The van der Waals surface area contributed by atoms with Crippen molar-refractivity contribution in [2.24, 2.45) is 10.7 Å². The standard InChI is InChI=1S/C13H12F8N2S/c1-6-3-7(14)8(4-9(6)24-5-12(17,18)19)23-10(22)13(20,21)11(2,15)16/h3-4H,5H2,1-2H3,(H2,22,23). The summed E-state index contributed by atoms with van der Waals surface area (Å²) in [5.41, 5.74) is 4.09. The molecular formula is C13H12F8N2S. The van der Waals surface area contributed by atoms with Crippen LogP contribution in [0.4, 0.5) is 40.8 Å². The molecule has 0 saturated heterocycles. The SMILES string of the molecule is Cc1cc(F)c(N=C(N)C(F)(F)C(C)(F)F)cc1SCC(F)(F)F. The van der Waals surface area contributed by atoms with Crippen molar-refractivity contribution in [3.63, 3.8) is 0 Å². The van der Waals surface area contributed by atoms with Gasteiger partial charge in [-0.15, -0.1) is 11.8 Å². The zero-order valence-electron chi connectivity index (χ0n) is 12.3. The average Bonchev–Trinajstić information content (AvgIpc) is 2.37. The molecule has 0 aliphatic heterocycles. The van der Waals surface area contributed by atoms with Gasteiger partial charge in [-0.2, -0.15) is 30.7 Å². The Bertz CT molecular complexity index is 634. The second-order valence-corrected chi connectivity index (χ2v) is 5.95. The first-order chi connectivity index (χ1) is 10.6. The molecule has 0 unspecified atom stereocenters. The van der Waals surface area contributed by atoms with Crippen LogP contribution in [0, 0.1) is 12.7 Å². The van der Waals surface area contributed by atoms with Gasteiger partial charge in [0, 0.05) is 11.8 Å². The van der Waals surface area contributed by atoms with Crippen LogP contribution < -0.4 is 5.73 Å². The average molecular weight is 380 g/mol. The van der Waals surface area contributed by atoms with Crippen LogP contribution in [0.2, 0.25) is 0 Å². The van der Waals surface area contributed by atoms with Crippen LogP contribution in [0.5, 0.6) is 0 Å². The Morgan fingerprint density at radius 3 is 2.12 bits per heavy atom. The maximum atomic E-state index is 13.7. The fraction of sp³-hybridized carbons (Fsp3) is 0.462. The predicted molar refractivity (Wildman–Crippen MR) is 74.8 cm³/mol. The lowest BCUT2D eigenvalue weighted by Crippen LogP contribution is -2.48. The van der Waals surface area contributed by atoms with Gasteiger partial charge in [-0.25, -0.2) is 9.38 Å². The highest BCUT2D eigenvalue weighted by molar-refractivity contribution is 7.99. The van der Waals surface area contributed by atoms with Crippen molar-refractivity contribution in [1.82, 2.24) is 0 Å². The molecule has 0 heterocycles. The van der Waals surface area contributed by atoms with Crippen LogP contribution in [0.15, 0.2) is 22.0 Å². The molecule has 0 radical (unpaired) electrons. The van der Waals surface area contributed by atoms with E-state index in [-0.39, 0.29) is 29.1 Å². The molecule has 2 N–H and O–H groups in total. The number of aryl methyl sites for hydroxylation is 1.